The van der Waals surface area contributed by atoms with Gasteiger partial charge in [0.25, 0.3) is 0 Å². The summed E-state index contributed by atoms with van der Waals surface area (Å²) in [6, 6.07) is 0.376. The predicted molar refractivity (Wildman–Crippen MR) is 87.6 cm³/mol. The van der Waals surface area contributed by atoms with E-state index in [0.29, 0.717) is 40.9 Å². The second-order valence-electron chi connectivity index (χ2n) is 5.99. The third-order valence-corrected chi connectivity index (χ3v) is 4.34. The van der Waals surface area contributed by atoms with Crippen LogP contribution in [0.25, 0.3) is 11.1 Å². The van der Waals surface area contributed by atoms with E-state index in [0.717, 1.165) is 12.8 Å². The Hall–Kier alpha value is -2.11. The van der Waals surface area contributed by atoms with Gasteiger partial charge in [-0.05, 0) is 26.7 Å². The maximum atomic E-state index is 12.3. The summed E-state index contributed by atoms with van der Waals surface area (Å²) < 4.78 is 10.8. The van der Waals surface area contributed by atoms with Gasteiger partial charge in [0.15, 0.2) is 0 Å². The molecule has 1 fully saturated rings. The lowest BCUT2D eigenvalue weighted by Crippen LogP contribution is -2.19. The molecule has 0 radical (unpaired) electrons. The molecule has 0 amide bonds. The number of fused-ring (bicyclic) bond motifs is 1. The number of carbonyl (C=O) groups excluding carboxylic acids is 1. The van der Waals surface area contributed by atoms with E-state index < -0.39 is 0 Å². The van der Waals surface area contributed by atoms with Gasteiger partial charge in [-0.1, -0.05) is 25.7 Å². The van der Waals surface area contributed by atoms with E-state index in [1.54, 1.807) is 13.8 Å². The lowest BCUT2D eigenvalue weighted by Gasteiger charge is -2.17. The molecule has 1 saturated carbocycles. The fraction of sp³-hybridized carbons (Fsp3) is 0.588. The summed E-state index contributed by atoms with van der Waals surface area (Å²) in [7, 11) is 0. The number of nitrogens with one attached hydrogen (secondary N) is 1. The monoisotopic (exact) mass is 317 g/mol. The normalized spacial score (nSPS) is 16.3. The van der Waals surface area contributed by atoms with Crippen LogP contribution >= 0.6 is 0 Å². The third kappa shape index (κ3) is 3.30. The van der Waals surface area contributed by atoms with Gasteiger partial charge in [0.1, 0.15) is 23.5 Å². The van der Waals surface area contributed by atoms with Crippen molar-refractivity contribution in [2.24, 2.45) is 0 Å². The van der Waals surface area contributed by atoms with Crippen molar-refractivity contribution in [1.29, 1.82) is 0 Å². The molecule has 2 aromatic heterocycles. The van der Waals surface area contributed by atoms with Gasteiger partial charge >= 0.3 is 5.97 Å². The van der Waals surface area contributed by atoms with Crippen molar-refractivity contribution >= 4 is 22.9 Å². The number of hydrogen-bond donors (Lipinski definition) is 1. The third-order valence-electron chi connectivity index (χ3n) is 4.34. The Labute approximate surface area is 135 Å². The van der Waals surface area contributed by atoms with Crippen LogP contribution in [-0.2, 0) is 4.74 Å². The first-order valence-electron chi connectivity index (χ1n) is 8.38. The van der Waals surface area contributed by atoms with Gasteiger partial charge in [-0.3, -0.25) is 0 Å². The summed E-state index contributed by atoms with van der Waals surface area (Å²) in [5, 5.41) is 4.13. The average molecular weight is 317 g/mol. The van der Waals surface area contributed by atoms with Crippen LogP contribution in [0.1, 0.15) is 61.6 Å². The number of furan rings is 1. The Balaban J connectivity index is 1.97. The lowest BCUT2D eigenvalue weighted by atomic mass is 10.1. The first-order valence-corrected chi connectivity index (χ1v) is 8.38. The summed E-state index contributed by atoms with van der Waals surface area (Å²) in [5.41, 5.74) is 0.857. The van der Waals surface area contributed by atoms with Crippen LogP contribution in [0, 0.1) is 6.92 Å². The van der Waals surface area contributed by atoms with Gasteiger partial charge in [0, 0.05) is 6.04 Å². The summed E-state index contributed by atoms with van der Waals surface area (Å²) in [6.45, 7) is 3.87. The molecule has 0 unspecified atom stereocenters. The minimum Gasteiger partial charge on any atom is -0.462 e. The molecule has 0 bridgehead atoms. The fourth-order valence-electron chi connectivity index (χ4n) is 3.22. The molecule has 2 aromatic rings. The minimum atomic E-state index is -0.387. The molecule has 1 aliphatic carbocycles. The lowest BCUT2D eigenvalue weighted by molar-refractivity contribution is 0.0526. The fourth-order valence-corrected chi connectivity index (χ4v) is 3.22. The molecule has 124 valence electrons. The molecular weight excluding hydrogens is 294 g/mol. The van der Waals surface area contributed by atoms with Crippen LogP contribution in [0.5, 0.6) is 0 Å². The number of carbonyl (C=O) groups is 1. The Bertz CT molecular complexity index is 688. The predicted octanol–water partition coefficient (Wildman–Crippen LogP) is 3.84. The first-order chi connectivity index (χ1) is 11.2. The van der Waals surface area contributed by atoms with E-state index in [-0.39, 0.29) is 5.97 Å². The van der Waals surface area contributed by atoms with Crippen molar-refractivity contribution in [3.05, 3.63) is 17.7 Å². The Morgan fingerprint density at radius 3 is 2.74 bits per heavy atom. The number of ether oxygens (including phenoxy) is 1. The molecule has 1 N–H and O–H groups in total. The number of aromatic nitrogens is 2. The molecule has 6 nitrogen and oxygen atoms in total. The van der Waals surface area contributed by atoms with Gasteiger partial charge in [-0.2, -0.15) is 0 Å². The van der Waals surface area contributed by atoms with Crippen molar-refractivity contribution in [3.63, 3.8) is 0 Å². The molecule has 0 aliphatic heterocycles. The molecule has 1 aliphatic rings. The molecule has 3 rings (SSSR count). The van der Waals surface area contributed by atoms with Crippen molar-refractivity contribution in [1.82, 2.24) is 9.97 Å². The van der Waals surface area contributed by atoms with Crippen molar-refractivity contribution in [2.45, 2.75) is 58.4 Å². The van der Waals surface area contributed by atoms with Gasteiger partial charge < -0.3 is 14.5 Å². The first kappa shape index (κ1) is 15.8. The zero-order chi connectivity index (χ0) is 16.2. The molecule has 23 heavy (non-hydrogen) atoms. The highest BCUT2D eigenvalue weighted by Crippen LogP contribution is 2.31. The van der Waals surface area contributed by atoms with Crippen LogP contribution in [0.4, 0.5) is 5.82 Å². The average Bonchev–Trinajstić information content (AvgIpc) is 2.70. The largest absolute Gasteiger partial charge is 0.462 e. The van der Waals surface area contributed by atoms with Gasteiger partial charge in [-0.25, -0.2) is 14.8 Å². The van der Waals surface area contributed by atoms with Crippen LogP contribution < -0.4 is 5.32 Å². The number of esters is 1. The van der Waals surface area contributed by atoms with Crippen molar-refractivity contribution in [3.8, 4) is 0 Å². The molecule has 0 atom stereocenters. The van der Waals surface area contributed by atoms with Gasteiger partial charge in [0.05, 0.1) is 12.0 Å². The maximum absolute atomic E-state index is 12.3. The Kier molecular flexibility index (Phi) is 4.79. The quantitative estimate of drug-likeness (QED) is 0.682. The second-order valence-corrected chi connectivity index (χ2v) is 5.99. The number of anilines is 1. The van der Waals surface area contributed by atoms with E-state index in [1.165, 1.54) is 32.0 Å². The minimum absolute atomic E-state index is 0.323. The van der Waals surface area contributed by atoms with Crippen LogP contribution in [0.3, 0.4) is 0 Å². The van der Waals surface area contributed by atoms with Crippen LogP contribution in [0.15, 0.2) is 10.7 Å². The highest BCUT2D eigenvalue weighted by molar-refractivity contribution is 6.07. The van der Waals surface area contributed by atoms with Crippen LogP contribution in [-0.4, -0.2) is 28.6 Å². The summed E-state index contributed by atoms with van der Waals surface area (Å²) in [5.74, 6) is 0.798. The molecule has 0 saturated heterocycles. The highest BCUT2D eigenvalue weighted by Gasteiger charge is 2.24. The smallest absolute Gasteiger partial charge is 0.342 e. The SMILES string of the molecule is CCOC(=O)c1c(C)oc2ncnc(NC3CCCCCC3)c12. The Morgan fingerprint density at radius 2 is 2.04 bits per heavy atom. The number of hydrogen-bond acceptors (Lipinski definition) is 6. The summed E-state index contributed by atoms with van der Waals surface area (Å²) in [6.07, 6.45) is 8.74. The highest BCUT2D eigenvalue weighted by atomic mass is 16.5. The number of aryl methyl sites for hydroxylation is 1. The topological polar surface area (TPSA) is 77.2 Å². The van der Waals surface area contributed by atoms with E-state index in [2.05, 4.69) is 15.3 Å². The van der Waals surface area contributed by atoms with E-state index >= 15 is 0 Å². The van der Waals surface area contributed by atoms with Gasteiger partial charge in [-0.15, -0.1) is 0 Å². The maximum Gasteiger partial charge on any atom is 0.342 e. The van der Waals surface area contributed by atoms with E-state index in [1.807, 2.05) is 0 Å². The standard InChI is InChI=1S/C17H23N3O3/c1-3-22-17(21)13-11(2)23-16-14(13)15(18-10-19-16)20-12-8-6-4-5-7-9-12/h10,12H,3-9H2,1-2H3,(H,18,19,20). The zero-order valence-corrected chi connectivity index (χ0v) is 13.7. The van der Waals surface area contributed by atoms with Crippen LogP contribution in [0.2, 0.25) is 0 Å². The van der Waals surface area contributed by atoms with E-state index in [4.69, 9.17) is 9.15 Å². The molecule has 0 spiro atoms. The molecular formula is C17H23N3O3. The second kappa shape index (κ2) is 6.98. The Morgan fingerprint density at radius 1 is 1.30 bits per heavy atom. The van der Waals surface area contributed by atoms with Crippen molar-refractivity contribution in [2.75, 3.05) is 11.9 Å². The number of rotatable bonds is 4. The molecule has 0 aromatic carbocycles. The van der Waals surface area contributed by atoms with E-state index in [9.17, 15) is 4.79 Å². The summed E-state index contributed by atoms with van der Waals surface area (Å²) >= 11 is 0. The van der Waals surface area contributed by atoms with Crippen molar-refractivity contribution < 1.29 is 13.9 Å². The number of nitrogens with zero attached hydrogens (tertiary/aromatic N) is 2. The summed E-state index contributed by atoms with van der Waals surface area (Å²) in [4.78, 5) is 20.8. The molecule has 6 heteroatoms. The zero-order valence-electron chi connectivity index (χ0n) is 13.7. The molecule has 2 heterocycles. The van der Waals surface area contributed by atoms with Gasteiger partial charge in [0.2, 0.25) is 5.71 Å².